The summed E-state index contributed by atoms with van der Waals surface area (Å²) in [6, 6.07) is 4.12. The van der Waals surface area contributed by atoms with E-state index >= 15 is 0 Å². The summed E-state index contributed by atoms with van der Waals surface area (Å²) in [5.74, 6) is 1.45. The van der Waals surface area contributed by atoms with Crippen LogP contribution < -0.4 is 5.32 Å². The van der Waals surface area contributed by atoms with E-state index in [9.17, 15) is 4.79 Å². The predicted molar refractivity (Wildman–Crippen MR) is 95.1 cm³/mol. The molecule has 0 spiro atoms. The molecule has 21 heavy (non-hydrogen) atoms. The molecule has 2 heterocycles. The minimum atomic E-state index is 0. The number of amides is 1. The lowest BCUT2D eigenvalue weighted by molar-refractivity contribution is -0.131. The molecule has 1 amide bonds. The van der Waals surface area contributed by atoms with Gasteiger partial charge in [-0.3, -0.25) is 4.79 Å². The van der Waals surface area contributed by atoms with Crippen molar-refractivity contribution in [3.05, 3.63) is 20.8 Å². The van der Waals surface area contributed by atoms with Gasteiger partial charge in [-0.15, -0.1) is 23.7 Å². The molecule has 1 aliphatic rings. The lowest BCUT2D eigenvalue weighted by atomic mass is 9.84. The van der Waals surface area contributed by atoms with Gasteiger partial charge in [-0.25, -0.2) is 0 Å². The van der Waals surface area contributed by atoms with Gasteiger partial charge < -0.3 is 10.2 Å². The first kappa shape index (κ1) is 18.9. The Morgan fingerprint density at radius 3 is 2.71 bits per heavy atom. The molecule has 1 fully saturated rings. The van der Waals surface area contributed by atoms with E-state index in [4.69, 9.17) is 0 Å². The molecule has 2 rings (SSSR count). The average Bonchev–Trinajstić information content (AvgIpc) is 2.85. The molecule has 0 aliphatic carbocycles. The lowest BCUT2D eigenvalue weighted by Gasteiger charge is -2.29. The third-order valence-corrected chi connectivity index (χ3v) is 5.74. The van der Waals surface area contributed by atoms with Crippen molar-refractivity contribution in [2.45, 2.75) is 32.7 Å². The Morgan fingerprint density at radius 1 is 1.48 bits per heavy atom. The summed E-state index contributed by atoms with van der Waals surface area (Å²) < 4.78 is 1.12. The monoisotopic (exact) mass is 394 g/mol. The first-order chi connectivity index (χ1) is 9.56. The van der Waals surface area contributed by atoms with Gasteiger partial charge in [-0.1, -0.05) is 6.92 Å². The Hall–Kier alpha value is -0.100. The first-order valence-electron chi connectivity index (χ1n) is 7.25. The van der Waals surface area contributed by atoms with Crippen molar-refractivity contribution in [1.29, 1.82) is 0 Å². The molecule has 6 heteroatoms. The van der Waals surface area contributed by atoms with E-state index in [1.54, 1.807) is 11.3 Å². The highest BCUT2D eigenvalue weighted by molar-refractivity contribution is 9.11. The number of carbonyl (C=O) groups excluding carboxylic acids is 1. The number of hydrogen-bond acceptors (Lipinski definition) is 3. The van der Waals surface area contributed by atoms with Gasteiger partial charge >= 0.3 is 0 Å². The number of thiophene rings is 1. The van der Waals surface area contributed by atoms with Crippen LogP contribution in [0.3, 0.4) is 0 Å². The number of nitrogens with one attached hydrogen (secondary N) is 1. The van der Waals surface area contributed by atoms with E-state index in [1.807, 2.05) is 18.0 Å². The summed E-state index contributed by atoms with van der Waals surface area (Å²) in [5, 5.41) is 3.38. The second kappa shape index (κ2) is 9.13. The predicted octanol–water partition coefficient (Wildman–Crippen LogP) is 3.92. The Balaban J connectivity index is 0.00000220. The number of rotatable bonds is 5. The van der Waals surface area contributed by atoms with Crippen molar-refractivity contribution in [3.63, 3.8) is 0 Å². The van der Waals surface area contributed by atoms with Crippen molar-refractivity contribution in [1.82, 2.24) is 10.2 Å². The maximum absolute atomic E-state index is 12.3. The van der Waals surface area contributed by atoms with Crippen molar-refractivity contribution < 1.29 is 4.79 Å². The maximum atomic E-state index is 12.3. The molecule has 3 nitrogen and oxygen atoms in total. The Kier molecular flexibility index (Phi) is 8.24. The highest BCUT2D eigenvalue weighted by Crippen LogP contribution is 2.26. The van der Waals surface area contributed by atoms with E-state index in [-0.39, 0.29) is 18.3 Å². The van der Waals surface area contributed by atoms with Crippen LogP contribution in [0.4, 0.5) is 0 Å². The van der Waals surface area contributed by atoms with Crippen LogP contribution in [0.2, 0.25) is 0 Å². The number of halogens is 2. The van der Waals surface area contributed by atoms with Crippen LogP contribution in [0.25, 0.3) is 0 Å². The van der Waals surface area contributed by atoms with Crippen LogP contribution in [0.5, 0.6) is 0 Å². The first-order valence-corrected chi connectivity index (χ1v) is 8.86. The standard InChI is InChI=1S/C15H23BrN2OS.ClH/c1-11(12-5-7-17-8-6-12)9-15(19)18(2)10-13-3-4-14(16)20-13;/h3-4,11-12,17H,5-10H2,1-2H3;1H. The second-order valence-electron chi connectivity index (χ2n) is 5.72. The van der Waals surface area contributed by atoms with E-state index in [1.165, 1.54) is 17.7 Å². The van der Waals surface area contributed by atoms with Gasteiger partial charge in [0.25, 0.3) is 0 Å². The van der Waals surface area contributed by atoms with Gasteiger partial charge in [0.1, 0.15) is 0 Å². The number of nitrogens with zero attached hydrogens (tertiary/aromatic N) is 1. The van der Waals surface area contributed by atoms with Crippen LogP contribution in [0.1, 0.15) is 31.1 Å². The van der Waals surface area contributed by atoms with Crippen LogP contribution in [0.15, 0.2) is 15.9 Å². The van der Waals surface area contributed by atoms with E-state index < -0.39 is 0 Å². The maximum Gasteiger partial charge on any atom is 0.222 e. The van der Waals surface area contributed by atoms with Crippen LogP contribution in [-0.4, -0.2) is 30.9 Å². The topological polar surface area (TPSA) is 32.3 Å². The molecule has 0 bridgehead atoms. The second-order valence-corrected chi connectivity index (χ2v) is 8.27. The summed E-state index contributed by atoms with van der Waals surface area (Å²) in [6.07, 6.45) is 3.08. The molecule has 1 unspecified atom stereocenters. The Labute approximate surface area is 146 Å². The molecule has 1 atom stereocenters. The molecular weight excluding hydrogens is 372 g/mol. The molecule has 120 valence electrons. The molecule has 1 aromatic rings. The highest BCUT2D eigenvalue weighted by atomic mass is 79.9. The minimum absolute atomic E-state index is 0. The zero-order chi connectivity index (χ0) is 14.5. The fourth-order valence-corrected chi connectivity index (χ4v) is 4.31. The van der Waals surface area contributed by atoms with Crippen molar-refractivity contribution >= 4 is 45.6 Å². The zero-order valence-electron chi connectivity index (χ0n) is 12.6. The molecular formula is C15H24BrClN2OS. The van der Waals surface area contributed by atoms with Crippen LogP contribution in [0, 0.1) is 11.8 Å². The van der Waals surface area contributed by atoms with Gasteiger partial charge in [0.05, 0.1) is 10.3 Å². The van der Waals surface area contributed by atoms with Crippen molar-refractivity contribution in [2.75, 3.05) is 20.1 Å². The lowest BCUT2D eigenvalue weighted by Crippen LogP contribution is -2.34. The summed E-state index contributed by atoms with van der Waals surface area (Å²) in [7, 11) is 1.91. The summed E-state index contributed by atoms with van der Waals surface area (Å²) in [6.45, 7) is 5.14. The number of hydrogen-bond donors (Lipinski definition) is 1. The van der Waals surface area contributed by atoms with Gasteiger partial charge in [0.15, 0.2) is 0 Å². The molecule has 1 aromatic heterocycles. The van der Waals surface area contributed by atoms with Gasteiger partial charge in [-0.2, -0.15) is 0 Å². The smallest absolute Gasteiger partial charge is 0.222 e. The van der Waals surface area contributed by atoms with Crippen molar-refractivity contribution in [3.8, 4) is 0 Å². The number of piperidine rings is 1. The fraction of sp³-hybridized carbons (Fsp3) is 0.667. The highest BCUT2D eigenvalue weighted by Gasteiger charge is 2.23. The summed E-state index contributed by atoms with van der Waals surface area (Å²) in [4.78, 5) is 15.4. The van der Waals surface area contributed by atoms with Crippen LogP contribution in [-0.2, 0) is 11.3 Å². The molecule has 1 aliphatic heterocycles. The van der Waals surface area contributed by atoms with Crippen molar-refractivity contribution in [2.24, 2.45) is 11.8 Å². The summed E-state index contributed by atoms with van der Waals surface area (Å²) >= 11 is 5.16. The largest absolute Gasteiger partial charge is 0.341 e. The van der Waals surface area contributed by atoms with Crippen LogP contribution >= 0.6 is 39.7 Å². The van der Waals surface area contributed by atoms with E-state index in [2.05, 4.69) is 34.2 Å². The molecule has 1 N–H and O–H groups in total. The minimum Gasteiger partial charge on any atom is -0.341 e. The molecule has 0 saturated carbocycles. The Morgan fingerprint density at radius 2 is 2.14 bits per heavy atom. The number of carbonyl (C=O) groups is 1. The third-order valence-electron chi connectivity index (χ3n) is 4.13. The molecule has 1 saturated heterocycles. The van der Waals surface area contributed by atoms with Gasteiger partial charge in [-0.05, 0) is 65.8 Å². The van der Waals surface area contributed by atoms with E-state index in [0.717, 1.165) is 16.9 Å². The van der Waals surface area contributed by atoms with Gasteiger partial charge in [0.2, 0.25) is 5.91 Å². The van der Waals surface area contributed by atoms with E-state index in [0.29, 0.717) is 24.8 Å². The fourth-order valence-electron chi connectivity index (χ4n) is 2.77. The SMILES string of the molecule is CC(CC(=O)N(C)Cc1ccc(Br)s1)C1CCNCC1.Cl. The average molecular weight is 396 g/mol. The summed E-state index contributed by atoms with van der Waals surface area (Å²) in [5.41, 5.74) is 0. The quantitative estimate of drug-likeness (QED) is 0.819. The molecule has 0 aromatic carbocycles. The normalized spacial score (nSPS) is 17.1. The molecule has 0 radical (unpaired) electrons. The third kappa shape index (κ3) is 5.89. The van der Waals surface area contributed by atoms with Gasteiger partial charge in [0, 0.05) is 18.3 Å². The Bertz CT molecular complexity index is 449. The zero-order valence-corrected chi connectivity index (χ0v) is 15.8.